The number of para-hydroxylation sites is 2. The molecule has 1 saturated carbocycles. The number of fused-ring (bicyclic) bond motifs is 1. The smallest absolute Gasteiger partial charge is 0.166 e. The average Bonchev–Trinajstić information content (AvgIpc) is 3.19. The molecule has 1 fully saturated rings. The number of hydrogen-bond donors (Lipinski definition) is 2. The van der Waals surface area contributed by atoms with Crippen LogP contribution in [0.3, 0.4) is 0 Å². The monoisotopic (exact) mass is 300 g/mol. The number of nitrogens with zero attached hydrogens (tertiary/aromatic N) is 2. The van der Waals surface area contributed by atoms with Crippen LogP contribution < -0.4 is 5.32 Å². The third-order valence-electron chi connectivity index (χ3n) is 3.77. The number of aromatic nitrogens is 2. The number of rotatable bonds is 7. The third kappa shape index (κ3) is 3.78. The third-order valence-corrected chi connectivity index (χ3v) is 4.73. The summed E-state index contributed by atoms with van der Waals surface area (Å²) in [6.07, 6.45) is 4.31. The molecule has 0 amide bonds. The summed E-state index contributed by atoms with van der Waals surface area (Å²) < 4.78 is 0. The predicted octanol–water partition coefficient (Wildman–Crippen LogP) is 3.47. The van der Waals surface area contributed by atoms with Crippen LogP contribution in [-0.4, -0.2) is 27.3 Å². The second kappa shape index (κ2) is 6.08. The molecule has 0 bridgehead atoms. The molecular weight excluding hydrogens is 280 g/mol. The Morgan fingerprint density at radius 1 is 1.48 bits per heavy atom. The maximum atomic E-state index is 9.34. The molecule has 4 nitrogen and oxygen atoms in total. The quantitative estimate of drug-likeness (QED) is 0.607. The lowest BCUT2D eigenvalue weighted by Gasteiger charge is -2.22. The van der Waals surface area contributed by atoms with Crippen molar-refractivity contribution in [1.82, 2.24) is 15.3 Å². The lowest BCUT2D eigenvalue weighted by molar-refractivity contribution is 0.411. The molecule has 1 aliphatic carbocycles. The zero-order valence-electron chi connectivity index (χ0n) is 12.2. The first-order chi connectivity index (χ1) is 10.2. The van der Waals surface area contributed by atoms with Crippen molar-refractivity contribution in [2.45, 2.75) is 49.3 Å². The van der Waals surface area contributed by atoms with Gasteiger partial charge in [-0.1, -0.05) is 23.9 Å². The van der Waals surface area contributed by atoms with E-state index in [4.69, 9.17) is 0 Å². The Morgan fingerprint density at radius 2 is 2.29 bits per heavy atom. The Balaban J connectivity index is 1.48. The molecule has 110 valence electrons. The van der Waals surface area contributed by atoms with Gasteiger partial charge < -0.3 is 4.98 Å². The molecule has 1 aromatic heterocycles. The van der Waals surface area contributed by atoms with Crippen LogP contribution in [0.25, 0.3) is 11.0 Å². The minimum Gasteiger partial charge on any atom is -0.333 e. The molecule has 1 unspecified atom stereocenters. The molecule has 3 rings (SSSR count). The van der Waals surface area contributed by atoms with Gasteiger partial charge >= 0.3 is 0 Å². The van der Waals surface area contributed by atoms with Crippen LogP contribution in [0.2, 0.25) is 0 Å². The van der Waals surface area contributed by atoms with E-state index in [1.54, 1.807) is 11.8 Å². The fraction of sp³-hybridized carbons (Fsp3) is 0.500. The maximum absolute atomic E-state index is 9.34. The molecular formula is C16H20N4S. The van der Waals surface area contributed by atoms with Crippen LogP contribution in [0, 0.1) is 11.3 Å². The van der Waals surface area contributed by atoms with E-state index in [0.717, 1.165) is 34.8 Å². The van der Waals surface area contributed by atoms with Crippen LogP contribution in [0.5, 0.6) is 0 Å². The van der Waals surface area contributed by atoms with Gasteiger partial charge in [0.2, 0.25) is 0 Å². The first-order valence-electron chi connectivity index (χ1n) is 7.45. The van der Waals surface area contributed by atoms with Crippen molar-refractivity contribution in [3.05, 3.63) is 24.3 Å². The number of imidazole rings is 1. The predicted molar refractivity (Wildman–Crippen MR) is 86.2 cm³/mol. The zero-order chi connectivity index (χ0) is 14.7. The number of H-pyrrole nitrogens is 1. The minimum atomic E-state index is -0.379. The number of hydrogen-bond acceptors (Lipinski definition) is 4. The molecule has 1 aliphatic rings. The van der Waals surface area contributed by atoms with Gasteiger partial charge in [-0.15, -0.1) is 0 Å². The normalized spacial score (nSPS) is 17.5. The molecule has 0 radical (unpaired) electrons. The van der Waals surface area contributed by atoms with Gasteiger partial charge in [-0.2, -0.15) is 5.26 Å². The molecule has 0 spiro atoms. The minimum absolute atomic E-state index is 0.379. The van der Waals surface area contributed by atoms with E-state index in [2.05, 4.69) is 21.4 Å². The molecule has 21 heavy (non-hydrogen) atoms. The second-order valence-corrected chi connectivity index (χ2v) is 6.96. The van der Waals surface area contributed by atoms with Crippen LogP contribution in [0.15, 0.2) is 29.4 Å². The summed E-state index contributed by atoms with van der Waals surface area (Å²) in [4.78, 5) is 7.87. The van der Waals surface area contributed by atoms with E-state index in [9.17, 15) is 5.26 Å². The Labute approximate surface area is 129 Å². The van der Waals surface area contributed by atoms with Gasteiger partial charge in [0.05, 0.1) is 17.1 Å². The van der Waals surface area contributed by atoms with Crippen molar-refractivity contribution in [3.8, 4) is 6.07 Å². The van der Waals surface area contributed by atoms with Crippen molar-refractivity contribution in [2.24, 2.45) is 0 Å². The largest absolute Gasteiger partial charge is 0.333 e. The van der Waals surface area contributed by atoms with Crippen molar-refractivity contribution in [2.75, 3.05) is 5.75 Å². The Bertz CT molecular complexity index is 623. The second-order valence-electron chi connectivity index (χ2n) is 5.87. The first kappa shape index (κ1) is 14.4. The topological polar surface area (TPSA) is 64.5 Å². The fourth-order valence-corrected chi connectivity index (χ4v) is 3.26. The van der Waals surface area contributed by atoms with Gasteiger partial charge in [-0.25, -0.2) is 4.98 Å². The van der Waals surface area contributed by atoms with Crippen LogP contribution >= 0.6 is 11.8 Å². The molecule has 1 aromatic carbocycles. The molecule has 1 heterocycles. The van der Waals surface area contributed by atoms with Gasteiger partial charge in [0, 0.05) is 11.8 Å². The molecule has 2 N–H and O–H groups in total. The van der Waals surface area contributed by atoms with Gasteiger partial charge in [0.25, 0.3) is 0 Å². The Morgan fingerprint density at radius 3 is 3.00 bits per heavy atom. The number of benzene rings is 1. The molecule has 0 saturated heterocycles. The van der Waals surface area contributed by atoms with Crippen LogP contribution in [0.4, 0.5) is 0 Å². The average molecular weight is 300 g/mol. The standard InChI is InChI=1S/C16H20N4S/c1-16(11-17,20-12-7-8-12)9-4-10-21-15-18-13-5-2-3-6-14(13)19-15/h2-3,5-6,12,20H,4,7-10H2,1H3,(H,18,19). The van der Waals surface area contributed by atoms with Crippen molar-refractivity contribution < 1.29 is 0 Å². The lowest BCUT2D eigenvalue weighted by atomic mass is 9.98. The van der Waals surface area contributed by atoms with Crippen molar-refractivity contribution in [1.29, 1.82) is 5.26 Å². The highest BCUT2D eigenvalue weighted by atomic mass is 32.2. The van der Waals surface area contributed by atoms with Gasteiger partial charge in [-0.3, -0.25) is 5.32 Å². The highest BCUT2D eigenvalue weighted by Crippen LogP contribution is 2.26. The van der Waals surface area contributed by atoms with Gasteiger partial charge in [0.15, 0.2) is 5.16 Å². The van der Waals surface area contributed by atoms with E-state index in [-0.39, 0.29) is 5.54 Å². The summed E-state index contributed by atoms with van der Waals surface area (Å²) in [6.45, 7) is 2.01. The highest BCUT2D eigenvalue weighted by molar-refractivity contribution is 7.99. The molecule has 5 heteroatoms. The number of aromatic amines is 1. The first-order valence-corrected chi connectivity index (χ1v) is 8.44. The number of thioether (sulfide) groups is 1. The SMILES string of the molecule is CC(C#N)(CCCSc1nc2ccccc2[nH]1)NC1CC1. The summed E-state index contributed by atoms with van der Waals surface area (Å²) in [5, 5.41) is 13.7. The van der Waals surface area contributed by atoms with E-state index in [1.807, 2.05) is 31.2 Å². The van der Waals surface area contributed by atoms with Crippen molar-refractivity contribution in [3.63, 3.8) is 0 Å². The lowest BCUT2D eigenvalue weighted by Crippen LogP contribution is -2.42. The van der Waals surface area contributed by atoms with E-state index < -0.39 is 0 Å². The van der Waals surface area contributed by atoms with Gasteiger partial charge in [-0.05, 0) is 44.7 Å². The number of nitriles is 1. The zero-order valence-corrected chi connectivity index (χ0v) is 13.0. The van der Waals surface area contributed by atoms with Crippen LogP contribution in [-0.2, 0) is 0 Å². The summed E-state index contributed by atoms with van der Waals surface area (Å²) in [6, 6.07) is 11.1. The van der Waals surface area contributed by atoms with E-state index >= 15 is 0 Å². The summed E-state index contributed by atoms with van der Waals surface area (Å²) in [5.41, 5.74) is 1.71. The molecule has 1 atom stereocenters. The maximum Gasteiger partial charge on any atom is 0.166 e. The summed E-state index contributed by atoms with van der Waals surface area (Å²) >= 11 is 1.73. The Hall–Kier alpha value is -1.51. The molecule has 2 aromatic rings. The fourth-order valence-electron chi connectivity index (χ4n) is 2.43. The number of nitrogens with one attached hydrogen (secondary N) is 2. The van der Waals surface area contributed by atoms with Crippen LogP contribution in [0.1, 0.15) is 32.6 Å². The van der Waals surface area contributed by atoms with E-state index in [0.29, 0.717) is 6.04 Å². The summed E-state index contributed by atoms with van der Waals surface area (Å²) in [5.74, 6) is 0.976. The highest BCUT2D eigenvalue weighted by Gasteiger charge is 2.31. The molecule has 0 aliphatic heterocycles. The summed E-state index contributed by atoms with van der Waals surface area (Å²) in [7, 11) is 0. The van der Waals surface area contributed by atoms with Gasteiger partial charge in [0.1, 0.15) is 5.54 Å². The van der Waals surface area contributed by atoms with E-state index in [1.165, 1.54) is 12.8 Å². The van der Waals surface area contributed by atoms with Crippen molar-refractivity contribution >= 4 is 22.8 Å². The Kier molecular flexibility index (Phi) is 4.18.